The van der Waals surface area contributed by atoms with Crippen molar-refractivity contribution in [2.45, 2.75) is 44.8 Å². The molecule has 3 rings (SSSR count). The Bertz CT molecular complexity index is 872. The van der Waals surface area contributed by atoms with Crippen molar-refractivity contribution in [3.63, 3.8) is 0 Å². The first kappa shape index (κ1) is 21.0. The first-order chi connectivity index (χ1) is 13.9. The molecule has 1 unspecified atom stereocenters. The number of aromatic nitrogens is 1. The van der Waals surface area contributed by atoms with Crippen molar-refractivity contribution in [1.29, 1.82) is 0 Å². The number of aliphatic hydroxyl groups is 1. The lowest BCUT2D eigenvalue weighted by molar-refractivity contribution is 0.0924. The van der Waals surface area contributed by atoms with Gasteiger partial charge in [-0.2, -0.15) is 0 Å². The van der Waals surface area contributed by atoms with Crippen molar-refractivity contribution in [1.82, 2.24) is 15.2 Å². The van der Waals surface area contributed by atoms with Gasteiger partial charge in [0.2, 0.25) is 0 Å². The number of rotatable bonds is 5. The third-order valence-electron chi connectivity index (χ3n) is 4.99. The van der Waals surface area contributed by atoms with Crippen LogP contribution in [-0.4, -0.2) is 46.1 Å². The van der Waals surface area contributed by atoms with E-state index in [0.29, 0.717) is 17.7 Å². The van der Waals surface area contributed by atoms with Gasteiger partial charge in [0.15, 0.2) is 0 Å². The molecule has 2 N–H and O–H groups in total. The molecule has 0 spiro atoms. The van der Waals surface area contributed by atoms with Crippen LogP contribution in [0, 0.1) is 11.8 Å². The lowest BCUT2D eigenvalue weighted by Crippen LogP contribution is -2.40. The second-order valence-corrected chi connectivity index (χ2v) is 8.00. The van der Waals surface area contributed by atoms with Gasteiger partial charge in [-0.15, -0.1) is 0 Å². The Balaban J connectivity index is 1.70. The Morgan fingerprint density at radius 3 is 2.72 bits per heavy atom. The van der Waals surface area contributed by atoms with Crippen LogP contribution in [0.3, 0.4) is 0 Å². The fourth-order valence-electron chi connectivity index (χ4n) is 3.52. The molecule has 152 valence electrons. The molecule has 1 amide bonds. The van der Waals surface area contributed by atoms with Gasteiger partial charge in [-0.1, -0.05) is 30.4 Å². The molecule has 0 radical (unpaired) electrons. The van der Waals surface area contributed by atoms with Crippen LogP contribution in [0.5, 0.6) is 0 Å². The summed E-state index contributed by atoms with van der Waals surface area (Å²) in [5.41, 5.74) is 1.33. The van der Waals surface area contributed by atoms with Gasteiger partial charge in [0.1, 0.15) is 5.60 Å². The molecule has 1 aromatic carbocycles. The van der Waals surface area contributed by atoms with Gasteiger partial charge in [0, 0.05) is 30.1 Å². The largest absolute Gasteiger partial charge is 0.378 e. The summed E-state index contributed by atoms with van der Waals surface area (Å²) in [6, 6.07) is 11.3. The summed E-state index contributed by atoms with van der Waals surface area (Å²) in [5, 5.41) is 12.9. The molecule has 29 heavy (non-hydrogen) atoms. The summed E-state index contributed by atoms with van der Waals surface area (Å²) in [4.78, 5) is 19.5. The minimum absolute atomic E-state index is 0.117. The average Bonchev–Trinajstić information content (AvgIpc) is 2.73. The van der Waals surface area contributed by atoms with E-state index in [9.17, 15) is 9.90 Å². The molecule has 5 heteroatoms. The van der Waals surface area contributed by atoms with Gasteiger partial charge < -0.3 is 10.4 Å². The fourth-order valence-corrected chi connectivity index (χ4v) is 3.52. The van der Waals surface area contributed by atoms with Gasteiger partial charge in [0.05, 0.1) is 6.04 Å². The number of likely N-dealkylation sites (tertiary alicyclic amines) is 1. The van der Waals surface area contributed by atoms with Gasteiger partial charge in [-0.05, 0) is 69.6 Å². The van der Waals surface area contributed by atoms with Crippen LogP contribution in [0.1, 0.15) is 60.6 Å². The average molecular weight is 392 g/mol. The van der Waals surface area contributed by atoms with E-state index in [-0.39, 0.29) is 11.9 Å². The zero-order valence-corrected chi connectivity index (χ0v) is 17.2. The highest BCUT2D eigenvalue weighted by Crippen LogP contribution is 2.23. The Morgan fingerprint density at radius 1 is 1.24 bits per heavy atom. The molecule has 1 aromatic heterocycles. The molecule has 2 aromatic rings. The number of benzene rings is 1. The zero-order valence-electron chi connectivity index (χ0n) is 17.2. The fraction of sp³-hybridized carbons (Fsp3) is 0.417. The predicted molar refractivity (Wildman–Crippen MR) is 114 cm³/mol. The number of nitrogens with one attached hydrogen (secondary N) is 1. The number of carbonyl (C=O) groups is 1. The van der Waals surface area contributed by atoms with Crippen LogP contribution >= 0.6 is 0 Å². The molecule has 2 heterocycles. The summed E-state index contributed by atoms with van der Waals surface area (Å²) in [6.07, 6.45) is 7.30. The maximum Gasteiger partial charge on any atom is 0.251 e. The number of amides is 1. The van der Waals surface area contributed by atoms with Crippen molar-refractivity contribution in [3.05, 3.63) is 65.5 Å². The van der Waals surface area contributed by atoms with E-state index in [1.54, 1.807) is 32.2 Å². The molecule has 0 bridgehead atoms. The van der Waals surface area contributed by atoms with Gasteiger partial charge in [-0.3, -0.25) is 14.7 Å². The lowest BCUT2D eigenvalue weighted by Gasteiger charge is -2.34. The van der Waals surface area contributed by atoms with Crippen molar-refractivity contribution in [2.75, 3.05) is 19.6 Å². The smallest absolute Gasteiger partial charge is 0.251 e. The first-order valence-corrected chi connectivity index (χ1v) is 10.2. The summed E-state index contributed by atoms with van der Waals surface area (Å²) >= 11 is 0. The van der Waals surface area contributed by atoms with Crippen LogP contribution < -0.4 is 5.32 Å². The molecule has 1 aliphatic heterocycles. The summed E-state index contributed by atoms with van der Waals surface area (Å²) in [7, 11) is 0. The lowest BCUT2D eigenvalue weighted by atomic mass is 10.0. The van der Waals surface area contributed by atoms with Crippen molar-refractivity contribution in [3.8, 4) is 11.8 Å². The van der Waals surface area contributed by atoms with Crippen molar-refractivity contribution >= 4 is 5.91 Å². The van der Waals surface area contributed by atoms with E-state index in [4.69, 9.17) is 0 Å². The van der Waals surface area contributed by atoms with Crippen LogP contribution in [0.25, 0.3) is 0 Å². The van der Waals surface area contributed by atoms with E-state index in [2.05, 4.69) is 33.1 Å². The highest BCUT2D eigenvalue weighted by Gasteiger charge is 2.23. The number of piperidine rings is 1. The van der Waals surface area contributed by atoms with E-state index in [1.807, 2.05) is 24.4 Å². The monoisotopic (exact) mass is 391 g/mol. The van der Waals surface area contributed by atoms with Crippen molar-refractivity contribution in [2.24, 2.45) is 0 Å². The zero-order chi connectivity index (χ0) is 20.7. The molecule has 1 saturated heterocycles. The normalized spacial score (nSPS) is 15.8. The van der Waals surface area contributed by atoms with Crippen LogP contribution in [0.4, 0.5) is 0 Å². The molecular formula is C24H29N3O2. The number of nitrogens with zero attached hydrogens (tertiary/aromatic N) is 2. The molecule has 1 aliphatic rings. The highest BCUT2D eigenvalue weighted by molar-refractivity contribution is 5.94. The third-order valence-corrected chi connectivity index (χ3v) is 4.99. The third kappa shape index (κ3) is 6.42. The van der Waals surface area contributed by atoms with E-state index < -0.39 is 5.60 Å². The number of carbonyl (C=O) groups excluding carboxylic acids is 1. The van der Waals surface area contributed by atoms with Gasteiger partial charge in [-0.25, -0.2) is 0 Å². The maximum absolute atomic E-state index is 12.8. The number of pyridine rings is 1. The Labute approximate surface area is 173 Å². The topological polar surface area (TPSA) is 65.5 Å². The van der Waals surface area contributed by atoms with E-state index in [0.717, 1.165) is 18.7 Å². The summed E-state index contributed by atoms with van der Waals surface area (Å²) in [6.45, 7) is 5.88. The van der Waals surface area contributed by atoms with E-state index in [1.165, 1.54) is 19.3 Å². The SMILES string of the molecule is CC(C)(O)C#Cc1cccc(C(=O)NCC(c2cccnc2)N2CCCCC2)c1. The number of hydrogen-bond donors (Lipinski definition) is 2. The second-order valence-electron chi connectivity index (χ2n) is 8.00. The minimum atomic E-state index is -1.07. The van der Waals surface area contributed by atoms with Gasteiger partial charge in [0.25, 0.3) is 5.91 Å². The van der Waals surface area contributed by atoms with E-state index >= 15 is 0 Å². The Kier molecular flexibility index (Phi) is 7.03. The molecular weight excluding hydrogens is 362 g/mol. The quantitative estimate of drug-likeness (QED) is 0.769. The van der Waals surface area contributed by atoms with Crippen molar-refractivity contribution < 1.29 is 9.90 Å². The highest BCUT2D eigenvalue weighted by atomic mass is 16.3. The Morgan fingerprint density at radius 2 is 2.03 bits per heavy atom. The standard InChI is InChI=1S/C24H29N3O2/c1-24(2,29)12-11-19-8-6-9-20(16-19)23(28)26-18-22(21-10-7-13-25-17-21)27-14-4-3-5-15-27/h6-10,13,16-17,22,29H,3-5,14-15,18H2,1-2H3,(H,26,28). The van der Waals surface area contributed by atoms with Gasteiger partial charge >= 0.3 is 0 Å². The number of hydrogen-bond acceptors (Lipinski definition) is 4. The Hall–Kier alpha value is -2.68. The maximum atomic E-state index is 12.8. The predicted octanol–water partition coefficient (Wildman–Crippen LogP) is 3.16. The summed E-state index contributed by atoms with van der Waals surface area (Å²) < 4.78 is 0. The van der Waals surface area contributed by atoms with Crippen LogP contribution in [-0.2, 0) is 0 Å². The van der Waals surface area contributed by atoms with Crippen LogP contribution in [0.15, 0.2) is 48.8 Å². The second kappa shape index (κ2) is 9.69. The molecule has 1 atom stereocenters. The van der Waals surface area contributed by atoms with Crippen LogP contribution in [0.2, 0.25) is 0 Å². The summed E-state index contributed by atoms with van der Waals surface area (Å²) in [5.74, 6) is 5.58. The molecule has 5 nitrogen and oxygen atoms in total. The molecule has 0 saturated carbocycles. The first-order valence-electron chi connectivity index (χ1n) is 10.2. The molecule has 0 aliphatic carbocycles. The minimum Gasteiger partial charge on any atom is -0.378 e. The molecule has 1 fully saturated rings.